The molecule has 0 aliphatic carbocycles. The number of nitrogens with zero attached hydrogens (tertiary/aromatic N) is 2. The van der Waals surface area contributed by atoms with Crippen LogP contribution in [0.3, 0.4) is 0 Å². The standard InChI is InChI=1S/C10H12N2O/c1-7(8(2)13)6-10-4-5-11-9(3)12-10/h4-6H,1-3H3/b7-6+. The SMILES string of the molecule is CC(=O)/C(C)=C/c1ccnc(C)n1. The molecule has 0 atom stereocenters. The van der Waals surface area contributed by atoms with E-state index in [0.29, 0.717) is 11.4 Å². The second kappa shape index (κ2) is 3.94. The van der Waals surface area contributed by atoms with E-state index in [1.807, 2.05) is 6.92 Å². The van der Waals surface area contributed by atoms with Crippen molar-refractivity contribution in [2.75, 3.05) is 0 Å². The summed E-state index contributed by atoms with van der Waals surface area (Å²) in [5.41, 5.74) is 1.48. The van der Waals surface area contributed by atoms with E-state index in [1.165, 1.54) is 0 Å². The van der Waals surface area contributed by atoms with Crippen LogP contribution in [-0.4, -0.2) is 15.8 Å². The zero-order chi connectivity index (χ0) is 9.84. The van der Waals surface area contributed by atoms with E-state index in [1.54, 1.807) is 32.2 Å². The maximum absolute atomic E-state index is 10.9. The summed E-state index contributed by atoms with van der Waals surface area (Å²) in [6.45, 7) is 5.14. The first-order valence-electron chi connectivity index (χ1n) is 4.08. The zero-order valence-corrected chi connectivity index (χ0v) is 8.03. The fraction of sp³-hybridized carbons (Fsp3) is 0.300. The molecule has 0 aromatic carbocycles. The fourth-order valence-corrected chi connectivity index (χ4v) is 0.878. The molecule has 1 aromatic heterocycles. The van der Waals surface area contributed by atoms with Gasteiger partial charge in [-0.1, -0.05) is 0 Å². The van der Waals surface area contributed by atoms with Crippen LogP contribution in [0, 0.1) is 6.92 Å². The number of hydrogen-bond acceptors (Lipinski definition) is 3. The van der Waals surface area contributed by atoms with E-state index >= 15 is 0 Å². The van der Waals surface area contributed by atoms with Gasteiger partial charge in [-0.15, -0.1) is 0 Å². The highest BCUT2D eigenvalue weighted by molar-refractivity contribution is 5.96. The van der Waals surface area contributed by atoms with Crippen LogP contribution in [-0.2, 0) is 4.79 Å². The first kappa shape index (κ1) is 9.58. The Labute approximate surface area is 77.5 Å². The third-order valence-electron chi connectivity index (χ3n) is 1.72. The monoisotopic (exact) mass is 176 g/mol. The molecule has 3 nitrogen and oxygen atoms in total. The van der Waals surface area contributed by atoms with Crippen LogP contribution >= 0.6 is 0 Å². The van der Waals surface area contributed by atoms with Gasteiger partial charge < -0.3 is 0 Å². The number of carbonyl (C=O) groups excluding carboxylic acids is 1. The summed E-state index contributed by atoms with van der Waals surface area (Å²) < 4.78 is 0. The highest BCUT2D eigenvalue weighted by Gasteiger charge is 1.97. The molecule has 0 radical (unpaired) electrons. The summed E-state index contributed by atoms with van der Waals surface area (Å²) in [4.78, 5) is 19.0. The van der Waals surface area contributed by atoms with Crippen molar-refractivity contribution in [1.82, 2.24) is 9.97 Å². The first-order valence-corrected chi connectivity index (χ1v) is 4.08. The average Bonchev–Trinajstić information content (AvgIpc) is 2.04. The van der Waals surface area contributed by atoms with Crippen LogP contribution in [0.1, 0.15) is 25.4 Å². The van der Waals surface area contributed by atoms with Crippen molar-refractivity contribution < 1.29 is 4.79 Å². The Morgan fingerprint density at radius 2 is 2.15 bits per heavy atom. The van der Waals surface area contributed by atoms with Gasteiger partial charge in [-0.3, -0.25) is 4.79 Å². The zero-order valence-electron chi connectivity index (χ0n) is 8.03. The van der Waals surface area contributed by atoms with Gasteiger partial charge >= 0.3 is 0 Å². The molecule has 0 N–H and O–H groups in total. The normalized spacial score (nSPS) is 11.5. The largest absolute Gasteiger partial charge is 0.295 e. The molecule has 0 spiro atoms. The minimum atomic E-state index is 0.0660. The van der Waals surface area contributed by atoms with Gasteiger partial charge in [0.25, 0.3) is 0 Å². The van der Waals surface area contributed by atoms with Gasteiger partial charge in [0.2, 0.25) is 0 Å². The predicted octanol–water partition coefficient (Wildman–Crippen LogP) is 1.78. The Morgan fingerprint density at radius 3 is 2.69 bits per heavy atom. The van der Waals surface area contributed by atoms with Gasteiger partial charge in [-0.05, 0) is 38.5 Å². The molecular weight excluding hydrogens is 164 g/mol. The maximum atomic E-state index is 10.9. The van der Waals surface area contributed by atoms with Crippen molar-refractivity contribution in [3.8, 4) is 0 Å². The van der Waals surface area contributed by atoms with Gasteiger partial charge in [-0.25, -0.2) is 9.97 Å². The molecule has 1 heterocycles. The number of rotatable bonds is 2. The van der Waals surface area contributed by atoms with Crippen molar-refractivity contribution >= 4 is 11.9 Å². The number of hydrogen-bond donors (Lipinski definition) is 0. The summed E-state index contributed by atoms with van der Waals surface area (Å²) in [5, 5.41) is 0. The van der Waals surface area contributed by atoms with Crippen LogP contribution in [0.25, 0.3) is 6.08 Å². The second-order valence-electron chi connectivity index (χ2n) is 2.91. The molecule has 0 saturated carbocycles. The minimum absolute atomic E-state index is 0.0660. The molecule has 0 bridgehead atoms. The number of ketones is 1. The van der Waals surface area contributed by atoms with Crippen LogP contribution in [0.4, 0.5) is 0 Å². The lowest BCUT2D eigenvalue weighted by molar-refractivity contribution is -0.113. The van der Waals surface area contributed by atoms with Crippen molar-refractivity contribution in [3.05, 3.63) is 29.4 Å². The summed E-state index contributed by atoms with van der Waals surface area (Å²) in [7, 11) is 0. The van der Waals surface area contributed by atoms with Gasteiger partial charge in [0.05, 0.1) is 5.69 Å². The highest BCUT2D eigenvalue weighted by atomic mass is 16.1. The molecule has 0 aliphatic heterocycles. The van der Waals surface area contributed by atoms with Gasteiger partial charge in [-0.2, -0.15) is 0 Å². The summed E-state index contributed by atoms with van der Waals surface area (Å²) in [6.07, 6.45) is 3.44. The van der Waals surface area contributed by atoms with Crippen LogP contribution in [0.2, 0.25) is 0 Å². The molecule has 1 rings (SSSR count). The molecule has 0 aliphatic rings. The van der Waals surface area contributed by atoms with E-state index < -0.39 is 0 Å². The molecule has 13 heavy (non-hydrogen) atoms. The summed E-state index contributed by atoms with van der Waals surface area (Å²) >= 11 is 0. The molecule has 1 aromatic rings. The first-order chi connectivity index (χ1) is 6.09. The third kappa shape index (κ3) is 2.78. The number of Topliss-reactive ketones (excluding diaryl/α,β-unsaturated/α-hetero) is 1. The topological polar surface area (TPSA) is 42.9 Å². The van der Waals surface area contributed by atoms with Crippen molar-refractivity contribution in [3.63, 3.8) is 0 Å². The Kier molecular flexibility index (Phi) is 2.90. The average molecular weight is 176 g/mol. The number of carbonyl (C=O) groups is 1. The van der Waals surface area contributed by atoms with E-state index in [2.05, 4.69) is 9.97 Å². The Morgan fingerprint density at radius 1 is 1.46 bits per heavy atom. The fourth-order valence-electron chi connectivity index (χ4n) is 0.878. The van der Waals surface area contributed by atoms with Gasteiger partial charge in [0.1, 0.15) is 5.82 Å². The molecule has 0 amide bonds. The van der Waals surface area contributed by atoms with E-state index in [4.69, 9.17) is 0 Å². The van der Waals surface area contributed by atoms with Gasteiger partial charge in [0.15, 0.2) is 5.78 Å². The molecule has 0 saturated heterocycles. The van der Waals surface area contributed by atoms with E-state index in [-0.39, 0.29) is 5.78 Å². The minimum Gasteiger partial charge on any atom is -0.295 e. The summed E-state index contributed by atoms with van der Waals surface area (Å²) in [5.74, 6) is 0.779. The maximum Gasteiger partial charge on any atom is 0.155 e. The van der Waals surface area contributed by atoms with Crippen LogP contribution < -0.4 is 0 Å². The lowest BCUT2D eigenvalue weighted by Crippen LogP contribution is -1.93. The van der Waals surface area contributed by atoms with Crippen molar-refractivity contribution in [2.24, 2.45) is 0 Å². The molecule has 0 unspecified atom stereocenters. The van der Waals surface area contributed by atoms with Crippen LogP contribution in [0.15, 0.2) is 17.8 Å². The molecule has 0 fully saturated rings. The quantitative estimate of drug-likeness (QED) is 0.645. The lowest BCUT2D eigenvalue weighted by atomic mass is 10.2. The predicted molar refractivity (Wildman–Crippen MR) is 51.1 cm³/mol. The highest BCUT2D eigenvalue weighted by Crippen LogP contribution is 2.03. The van der Waals surface area contributed by atoms with Gasteiger partial charge in [0, 0.05) is 6.20 Å². The lowest BCUT2D eigenvalue weighted by Gasteiger charge is -1.96. The number of aryl methyl sites for hydroxylation is 1. The second-order valence-corrected chi connectivity index (χ2v) is 2.91. The number of aromatic nitrogens is 2. The Balaban J connectivity index is 2.97. The molecule has 68 valence electrons. The van der Waals surface area contributed by atoms with Crippen LogP contribution in [0.5, 0.6) is 0 Å². The Bertz CT molecular complexity index is 356. The van der Waals surface area contributed by atoms with E-state index in [0.717, 1.165) is 5.69 Å². The smallest absolute Gasteiger partial charge is 0.155 e. The summed E-state index contributed by atoms with van der Waals surface area (Å²) in [6, 6.07) is 1.78. The molecular formula is C10H12N2O. The molecule has 3 heteroatoms. The third-order valence-corrected chi connectivity index (χ3v) is 1.72. The Hall–Kier alpha value is -1.51. The van der Waals surface area contributed by atoms with E-state index in [9.17, 15) is 4.79 Å². The van der Waals surface area contributed by atoms with Crippen molar-refractivity contribution in [2.45, 2.75) is 20.8 Å². The van der Waals surface area contributed by atoms with Crippen molar-refractivity contribution in [1.29, 1.82) is 0 Å². The number of allylic oxidation sites excluding steroid dienone is 1.